The molecule has 0 aliphatic heterocycles. The number of rotatable bonds is 7. The Morgan fingerprint density at radius 3 is 2.57 bits per heavy atom. The lowest BCUT2D eigenvalue weighted by molar-refractivity contribution is -0.121. The Hall–Kier alpha value is -1.57. The van der Waals surface area contributed by atoms with E-state index in [9.17, 15) is 18.4 Å². The molecular weight excluding hydrogens is 306 g/mol. The van der Waals surface area contributed by atoms with Gasteiger partial charge in [0.15, 0.2) is 0 Å². The molecule has 8 heteroatoms. The molecule has 116 valence electrons. The largest absolute Gasteiger partial charge is 0.395 e. The molecule has 0 spiro atoms. The van der Waals surface area contributed by atoms with Crippen LogP contribution in [0, 0.1) is 0 Å². The molecule has 2 N–H and O–H groups in total. The minimum Gasteiger partial charge on any atom is -0.395 e. The molecule has 0 aromatic heterocycles. The second kappa shape index (κ2) is 8.66. The monoisotopic (exact) mass is 320 g/mol. The Morgan fingerprint density at radius 2 is 2.00 bits per heavy atom. The highest BCUT2D eigenvalue weighted by Gasteiger charge is 2.18. The number of halogens is 3. The number of aliphatic hydroxyl groups excluding tert-OH is 1. The van der Waals surface area contributed by atoms with Gasteiger partial charge in [-0.2, -0.15) is 0 Å². The van der Waals surface area contributed by atoms with Crippen LogP contribution in [0.5, 0.6) is 0 Å². The van der Waals surface area contributed by atoms with Gasteiger partial charge in [0.2, 0.25) is 5.91 Å². The van der Waals surface area contributed by atoms with Crippen molar-refractivity contribution in [2.24, 2.45) is 0 Å². The number of benzene rings is 1. The van der Waals surface area contributed by atoms with Crippen molar-refractivity contribution in [2.45, 2.75) is 6.43 Å². The molecule has 0 bridgehead atoms. The smallest absolute Gasteiger partial charge is 0.259 e. The normalized spacial score (nSPS) is 11.0. The number of carbonyl (C=O) groups excluding carboxylic acids is 2. The van der Waals surface area contributed by atoms with Gasteiger partial charge in [0.25, 0.3) is 12.3 Å². The fourth-order valence-electron chi connectivity index (χ4n) is 1.65. The third kappa shape index (κ3) is 6.16. The summed E-state index contributed by atoms with van der Waals surface area (Å²) in [6.07, 6.45) is -2.64. The van der Waals surface area contributed by atoms with Crippen LogP contribution in [0.1, 0.15) is 10.4 Å². The minimum absolute atomic E-state index is 0.0853. The summed E-state index contributed by atoms with van der Waals surface area (Å²) >= 11 is 5.81. The SMILES string of the molecule is O=C(CN(CCO)CC(F)F)NC(=O)c1ccccc1Cl. The highest BCUT2D eigenvalue weighted by molar-refractivity contribution is 6.34. The Morgan fingerprint density at radius 1 is 1.33 bits per heavy atom. The minimum atomic E-state index is -2.64. The zero-order valence-corrected chi connectivity index (χ0v) is 11.8. The Bertz CT molecular complexity index is 500. The number of nitrogens with zero attached hydrogens (tertiary/aromatic N) is 1. The van der Waals surface area contributed by atoms with Crippen LogP contribution in [0.2, 0.25) is 5.02 Å². The van der Waals surface area contributed by atoms with Crippen molar-refractivity contribution in [3.05, 3.63) is 34.9 Å². The first-order valence-electron chi connectivity index (χ1n) is 6.14. The van der Waals surface area contributed by atoms with Crippen LogP contribution in [-0.4, -0.2) is 54.5 Å². The van der Waals surface area contributed by atoms with E-state index in [4.69, 9.17) is 16.7 Å². The lowest BCUT2D eigenvalue weighted by Gasteiger charge is -2.19. The van der Waals surface area contributed by atoms with E-state index in [2.05, 4.69) is 5.32 Å². The van der Waals surface area contributed by atoms with Gasteiger partial charge in [-0.3, -0.25) is 19.8 Å². The molecular formula is C13H15ClF2N2O3. The van der Waals surface area contributed by atoms with Crippen LogP contribution in [0.4, 0.5) is 8.78 Å². The highest BCUT2D eigenvalue weighted by atomic mass is 35.5. The molecule has 2 amide bonds. The van der Waals surface area contributed by atoms with Crippen LogP contribution in [0.3, 0.4) is 0 Å². The molecule has 0 unspecified atom stereocenters. The van der Waals surface area contributed by atoms with E-state index in [1.807, 2.05) is 0 Å². The lowest BCUT2D eigenvalue weighted by Crippen LogP contribution is -2.42. The van der Waals surface area contributed by atoms with Crippen molar-refractivity contribution < 1.29 is 23.5 Å². The fraction of sp³-hybridized carbons (Fsp3) is 0.385. The zero-order chi connectivity index (χ0) is 15.8. The molecule has 0 saturated heterocycles. The molecule has 0 fully saturated rings. The summed E-state index contributed by atoms with van der Waals surface area (Å²) in [6.45, 7) is -1.52. The second-order valence-corrected chi connectivity index (χ2v) is 4.61. The molecule has 0 aliphatic rings. The molecule has 1 aromatic rings. The van der Waals surface area contributed by atoms with E-state index in [-0.39, 0.29) is 23.7 Å². The number of alkyl halides is 2. The van der Waals surface area contributed by atoms with Crippen LogP contribution in [0.15, 0.2) is 24.3 Å². The van der Waals surface area contributed by atoms with Gasteiger partial charge < -0.3 is 5.11 Å². The van der Waals surface area contributed by atoms with Crippen molar-refractivity contribution in [3.63, 3.8) is 0 Å². The van der Waals surface area contributed by atoms with E-state index >= 15 is 0 Å². The number of aliphatic hydroxyl groups is 1. The average molecular weight is 321 g/mol. The first kappa shape index (κ1) is 17.5. The number of hydrogen-bond donors (Lipinski definition) is 2. The quantitative estimate of drug-likeness (QED) is 0.791. The van der Waals surface area contributed by atoms with E-state index in [0.717, 1.165) is 4.90 Å². The third-order valence-electron chi connectivity index (χ3n) is 2.55. The Labute approximate surface area is 125 Å². The summed E-state index contributed by atoms with van der Waals surface area (Å²) in [5.41, 5.74) is 0.120. The van der Waals surface area contributed by atoms with Crippen molar-refractivity contribution in [3.8, 4) is 0 Å². The van der Waals surface area contributed by atoms with Crippen LogP contribution >= 0.6 is 11.6 Å². The van der Waals surface area contributed by atoms with E-state index in [0.29, 0.717) is 0 Å². The molecule has 5 nitrogen and oxygen atoms in total. The maximum Gasteiger partial charge on any atom is 0.259 e. The maximum absolute atomic E-state index is 12.3. The molecule has 0 radical (unpaired) electrons. The topological polar surface area (TPSA) is 69.6 Å². The van der Waals surface area contributed by atoms with Crippen molar-refractivity contribution in [2.75, 3.05) is 26.2 Å². The van der Waals surface area contributed by atoms with E-state index < -0.39 is 31.3 Å². The summed E-state index contributed by atoms with van der Waals surface area (Å²) in [7, 11) is 0. The maximum atomic E-state index is 12.3. The van der Waals surface area contributed by atoms with Crippen LogP contribution in [0.25, 0.3) is 0 Å². The van der Waals surface area contributed by atoms with Gasteiger partial charge in [0.05, 0.1) is 30.3 Å². The van der Waals surface area contributed by atoms with Gasteiger partial charge in [-0.15, -0.1) is 0 Å². The molecule has 0 aliphatic carbocycles. The van der Waals surface area contributed by atoms with Gasteiger partial charge in [-0.1, -0.05) is 23.7 Å². The van der Waals surface area contributed by atoms with E-state index in [1.165, 1.54) is 12.1 Å². The summed E-state index contributed by atoms with van der Waals surface area (Å²) in [4.78, 5) is 24.5. The number of carbonyl (C=O) groups is 2. The van der Waals surface area contributed by atoms with Crippen LogP contribution < -0.4 is 5.32 Å². The average Bonchev–Trinajstić information content (AvgIpc) is 2.38. The van der Waals surface area contributed by atoms with Gasteiger partial charge in [-0.05, 0) is 12.1 Å². The standard InChI is InChI=1S/C13H15ClF2N2O3/c14-10-4-2-1-3-9(10)13(21)17-12(20)8-18(5-6-19)7-11(15)16/h1-4,11,19H,5-8H2,(H,17,20,21). The second-order valence-electron chi connectivity index (χ2n) is 4.21. The third-order valence-corrected chi connectivity index (χ3v) is 2.88. The lowest BCUT2D eigenvalue weighted by atomic mass is 10.2. The predicted molar refractivity (Wildman–Crippen MR) is 73.5 cm³/mol. The molecule has 21 heavy (non-hydrogen) atoms. The van der Waals surface area contributed by atoms with E-state index in [1.54, 1.807) is 12.1 Å². The highest BCUT2D eigenvalue weighted by Crippen LogP contribution is 2.14. The zero-order valence-electron chi connectivity index (χ0n) is 11.1. The van der Waals surface area contributed by atoms with Gasteiger partial charge in [0.1, 0.15) is 0 Å². The number of amides is 2. The van der Waals surface area contributed by atoms with Gasteiger partial charge >= 0.3 is 0 Å². The van der Waals surface area contributed by atoms with Crippen molar-refractivity contribution >= 4 is 23.4 Å². The Balaban J connectivity index is 2.59. The Kier molecular flexibility index (Phi) is 7.21. The number of hydrogen-bond acceptors (Lipinski definition) is 4. The summed E-state index contributed by atoms with van der Waals surface area (Å²) < 4.78 is 24.6. The molecule has 1 aromatic carbocycles. The molecule has 1 rings (SSSR count). The first-order chi connectivity index (χ1) is 9.93. The summed E-state index contributed by atoms with van der Waals surface area (Å²) in [5, 5.41) is 11.0. The number of nitrogens with one attached hydrogen (secondary N) is 1. The predicted octanol–water partition coefficient (Wildman–Crippen LogP) is 1.16. The summed E-state index contributed by atoms with van der Waals surface area (Å²) in [6, 6.07) is 6.15. The molecule has 0 heterocycles. The number of imide groups is 1. The van der Waals surface area contributed by atoms with Crippen molar-refractivity contribution in [1.82, 2.24) is 10.2 Å². The van der Waals surface area contributed by atoms with Gasteiger partial charge in [0, 0.05) is 6.54 Å². The first-order valence-corrected chi connectivity index (χ1v) is 6.52. The van der Waals surface area contributed by atoms with Crippen LogP contribution in [-0.2, 0) is 4.79 Å². The molecule has 0 atom stereocenters. The van der Waals surface area contributed by atoms with Crippen molar-refractivity contribution in [1.29, 1.82) is 0 Å². The molecule has 0 saturated carbocycles. The van der Waals surface area contributed by atoms with Gasteiger partial charge in [-0.25, -0.2) is 8.78 Å². The fourth-order valence-corrected chi connectivity index (χ4v) is 1.87. The summed E-state index contributed by atoms with van der Waals surface area (Å²) in [5.74, 6) is -1.44.